The normalized spacial score (nSPS) is 15.0. The van der Waals surface area contributed by atoms with Gasteiger partial charge in [0.2, 0.25) is 5.82 Å². The Morgan fingerprint density at radius 1 is 0.804 bits per heavy atom. The van der Waals surface area contributed by atoms with Crippen molar-refractivity contribution < 1.29 is 19.0 Å². The van der Waals surface area contributed by atoms with E-state index in [0.29, 0.717) is 28.9 Å². The third-order valence-corrected chi connectivity index (χ3v) is 10.2. The second kappa shape index (κ2) is 14.3. The molecule has 0 spiro atoms. The second-order valence-corrected chi connectivity index (χ2v) is 13.3. The zero-order chi connectivity index (χ0) is 34.7. The van der Waals surface area contributed by atoms with Crippen LogP contribution in [0.4, 0.5) is 0 Å². The maximum Gasteiger partial charge on any atom is 0.253 e. The first-order valence-corrected chi connectivity index (χ1v) is 17.7. The quantitative estimate of drug-likeness (QED) is 0.155. The van der Waals surface area contributed by atoms with Crippen molar-refractivity contribution in [1.29, 1.82) is 0 Å². The Hall–Kier alpha value is -5.71. The highest BCUT2D eigenvalue weighted by molar-refractivity contribution is 5.95. The largest absolute Gasteiger partial charge is 0.493 e. The van der Waals surface area contributed by atoms with Crippen LogP contribution in [-0.4, -0.2) is 68.3 Å². The van der Waals surface area contributed by atoms with E-state index in [1.165, 1.54) is 19.3 Å². The minimum atomic E-state index is 0.0576. The molecule has 0 unspecified atom stereocenters. The van der Waals surface area contributed by atoms with E-state index in [1.807, 2.05) is 65.6 Å². The number of imidazole rings is 1. The number of nitrogens with zero attached hydrogens (tertiary/aromatic N) is 6. The summed E-state index contributed by atoms with van der Waals surface area (Å²) < 4.78 is 19.9. The molecular weight excluding hydrogens is 642 g/mol. The SMILES string of the molecule is COc1ccc(-c2ccc(C(=O)N3CCCC3)cc2COc2ccc(-c3nc4cc(-c5nn[nH]n5)ccc4n3C3CCCCC3)cc2)cc1OC. The van der Waals surface area contributed by atoms with E-state index in [0.717, 1.165) is 89.2 Å². The highest BCUT2D eigenvalue weighted by atomic mass is 16.5. The number of hydrogen-bond donors (Lipinski definition) is 1. The Morgan fingerprint density at radius 3 is 2.31 bits per heavy atom. The summed E-state index contributed by atoms with van der Waals surface area (Å²) in [4.78, 5) is 20.5. The summed E-state index contributed by atoms with van der Waals surface area (Å²) in [6.45, 7) is 1.87. The fourth-order valence-corrected chi connectivity index (χ4v) is 7.53. The van der Waals surface area contributed by atoms with E-state index in [2.05, 4.69) is 43.4 Å². The number of methoxy groups -OCH3 is 2. The fourth-order valence-electron chi connectivity index (χ4n) is 7.53. The topological polar surface area (TPSA) is 120 Å². The lowest BCUT2D eigenvalue weighted by atomic mass is 9.94. The van der Waals surface area contributed by atoms with Crippen LogP contribution in [0, 0.1) is 0 Å². The van der Waals surface area contributed by atoms with Crippen molar-refractivity contribution in [1.82, 2.24) is 35.1 Å². The molecule has 1 saturated heterocycles. The van der Waals surface area contributed by atoms with Crippen LogP contribution < -0.4 is 14.2 Å². The fraction of sp³-hybridized carbons (Fsp3) is 0.325. The van der Waals surface area contributed by atoms with Crippen LogP contribution >= 0.6 is 0 Å². The highest BCUT2D eigenvalue weighted by Crippen LogP contribution is 2.38. The zero-order valence-corrected chi connectivity index (χ0v) is 29.0. The number of hydrogen-bond acceptors (Lipinski definition) is 8. The molecule has 1 aliphatic carbocycles. The smallest absolute Gasteiger partial charge is 0.253 e. The number of ether oxygens (including phenoxy) is 3. The molecule has 6 aromatic rings. The number of tetrazole rings is 1. The summed E-state index contributed by atoms with van der Waals surface area (Å²) >= 11 is 0. The van der Waals surface area contributed by atoms with Crippen molar-refractivity contribution in [3.8, 4) is 51.2 Å². The molecule has 0 atom stereocenters. The molecular formula is C40H41N7O4. The molecule has 8 rings (SSSR count). The van der Waals surface area contributed by atoms with Gasteiger partial charge in [0, 0.05) is 35.8 Å². The summed E-state index contributed by atoms with van der Waals surface area (Å²) in [5.74, 6) is 3.57. The molecule has 260 valence electrons. The van der Waals surface area contributed by atoms with Crippen LogP contribution in [0.15, 0.2) is 78.9 Å². The van der Waals surface area contributed by atoms with E-state index in [4.69, 9.17) is 19.2 Å². The van der Waals surface area contributed by atoms with Crippen molar-refractivity contribution in [2.24, 2.45) is 0 Å². The molecule has 1 amide bonds. The van der Waals surface area contributed by atoms with Gasteiger partial charge in [0.25, 0.3) is 5.91 Å². The second-order valence-electron chi connectivity index (χ2n) is 13.3. The predicted octanol–water partition coefficient (Wildman–Crippen LogP) is 7.89. The van der Waals surface area contributed by atoms with Gasteiger partial charge < -0.3 is 23.7 Å². The molecule has 1 N–H and O–H groups in total. The summed E-state index contributed by atoms with van der Waals surface area (Å²) in [7, 11) is 3.26. The summed E-state index contributed by atoms with van der Waals surface area (Å²) in [5.41, 5.74) is 7.40. The molecule has 0 radical (unpaired) electrons. The van der Waals surface area contributed by atoms with E-state index in [1.54, 1.807) is 14.2 Å². The number of rotatable bonds is 10. The van der Waals surface area contributed by atoms with Gasteiger partial charge in [-0.05, 0) is 114 Å². The van der Waals surface area contributed by atoms with Crippen LogP contribution in [0.5, 0.6) is 17.2 Å². The standard InChI is InChI=1S/C40H41N7O4/c1-49-36-19-14-27(24-37(36)50-2)33-17-12-29(40(48)46-20-6-7-21-46)22-30(33)25-51-32-15-10-26(11-16-32)39-41-34-23-28(38-42-44-45-43-38)13-18-35(34)47(39)31-8-4-3-5-9-31/h10-19,22-24,31H,3-9,20-21,25H2,1-2H3,(H,42,43,44,45). The van der Waals surface area contributed by atoms with Crippen molar-refractivity contribution >= 4 is 16.9 Å². The number of aromatic nitrogens is 6. The van der Waals surface area contributed by atoms with Crippen molar-refractivity contribution in [3.63, 3.8) is 0 Å². The van der Waals surface area contributed by atoms with Gasteiger partial charge in [-0.25, -0.2) is 4.98 Å². The number of H-pyrrole nitrogens is 1. The molecule has 0 bridgehead atoms. The Balaban J connectivity index is 1.10. The van der Waals surface area contributed by atoms with Gasteiger partial charge in [0.15, 0.2) is 11.5 Å². The maximum absolute atomic E-state index is 13.4. The van der Waals surface area contributed by atoms with E-state index >= 15 is 0 Å². The number of nitrogens with one attached hydrogen (secondary N) is 1. The monoisotopic (exact) mass is 683 g/mol. The van der Waals surface area contributed by atoms with Crippen molar-refractivity contribution in [2.75, 3.05) is 27.3 Å². The minimum Gasteiger partial charge on any atom is -0.493 e. The van der Waals surface area contributed by atoms with Crippen molar-refractivity contribution in [3.05, 3.63) is 90.0 Å². The van der Waals surface area contributed by atoms with Crippen LogP contribution in [-0.2, 0) is 6.61 Å². The van der Waals surface area contributed by atoms with Crippen LogP contribution in [0.25, 0.3) is 44.9 Å². The first-order valence-electron chi connectivity index (χ1n) is 17.7. The van der Waals surface area contributed by atoms with Crippen molar-refractivity contribution in [2.45, 2.75) is 57.6 Å². The minimum absolute atomic E-state index is 0.0576. The van der Waals surface area contributed by atoms with E-state index in [9.17, 15) is 4.79 Å². The molecule has 2 aromatic heterocycles. The molecule has 11 heteroatoms. The van der Waals surface area contributed by atoms with Gasteiger partial charge in [-0.3, -0.25) is 4.79 Å². The first kappa shape index (κ1) is 32.5. The zero-order valence-electron chi connectivity index (χ0n) is 29.0. The number of carbonyl (C=O) groups is 1. The molecule has 2 fully saturated rings. The van der Waals surface area contributed by atoms with Gasteiger partial charge >= 0.3 is 0 Å². The van der Waals surface area contributed by atoms with Crippen LogP contribution in [0.2, 0.25) is 0 Å². The summed E-state index contributed by atoms with van der Waals surface area (Å²) in [6.07, 6.45) is 8.05. The lowest BCUT2D eigenvalue weighted by Gasteiger charge is -2.25. The number of fused-ring (bicyclic) bond motifs is 1. The van der Waals surface area contributed by atoms with Gasteiger partial charge in [0.1, 0.15) is 18.2 Å². The van der Waals surface area contributed by atoms with E-state index < -0.39 is 0 Å². The highest BCUT2D eigenvalue weighted by Gasteiger charge is 2.24. The third-order valence-electron chi connectivity index (χ3n) is 10.2. The maximum atomic E-state index is 13.4. The number of amides is 1. The van der Waals surface area contributed by atoms with Crippen LogP contribution in [0.3, 0.4) is 0 Å². The Morgan fingerprint density at radius 2 is 1.57 bits per heavy atom. The third kappa shape index (κ3) is 6.51. The molecule has 1 aliphatic heterocycles. The molecule has 1 saturated carbocycles. The lowest BCUT2D eigenvalue weighted by molar-refractivity contribution is 0.0792. The molecule has 51 heavy (non-hydrogen) atoms. The van der Waals surface area contributed by atoms with Gasteiger partial charge in [-0.2, -0.15) is 5.21 Å². The predicted molar refractivity (Wildman–Crippen MR) is 195 cm³/mol. The van der Waals surface area contributed by atoms with Crippen LogP contribution in [0.1, 0.15) is 66.9 Å². The lowest BCUT2D eigenvalue weighted by Crippen LogP contribution is -2.27. The average Bonchev–Trinajstić information content (AvgIpc) is 3.99. The first-order chi connectivity index (χ1) is 25.1. The molecule has 2 aliphatic rings. The number of aromatic amines is 1. The Bertz CT molecular complexity index is 2150. The number of likely N-dealkylation sites (tertiary alicyclic amines) is 1. The number of carbonyl (C=O) groups excluding carboxylic acids is 1. The van der Waals surface area contributed by atoms with E-state index in [-0.39, 0.29) is 12.5 Å². The van der Waals surface area contributed by atoms with Gasteiger partial charge in [-0.15, -0.1) is 10.2 Å². The van der Waals surface area contributed by atoms with Gasteiger partial charge in [0.05, 0.1) is 25.3 Å². The summed E-state index contributed by atoms with van der Waals surface area (Å²) in [5, 5.41) is 14.6. The average molecular weight is 684 g/mol. The Kier molecular flexibility index (Phi) is 9.09. The molecule has 4 aromatic carbocycles. The summed E-state index contributed by atoms with van der Waals surface area (Å²) in [6, 6.07) is 26.5. The Labute approximate surface area is 296 Å². The molecule has 3 heterocycles. The molecule has 11 nitrogen and oxygen atoms in total. The van der Waals surface area contributed by atoms with Gasteiger partial charge in [-0.1, -0.05) is 31.4 Å². The number of benzene rings is 4.